The summed E-state index contributed by atoms with van der Waals surface area (Å²) in [4.78, 5) is 11.8. The highest BCUT2D eigenvalue weighted by molar-refractivity contribution is 5.75. The molecule has 0 aromatic heterocycles. The normalized spacial score (nSPS) is 16.1. The van der Waals surface area contributed by atoms with Crippen LogP contribution < -0.4 is 20.1 Å². The van der Waals surface area contributed by atoms with Gasteiger partial charge in [-0.25, -0.2) is 4.79 Å². The maximum absolute atomic E-state index is 11.8. The van der Waals surface area contributed by atoms with Gasteiger partial charge in [-0.2, -0.15) is 0 Å². The van der Waals surface area contributed by atoms with E-state index in [0.29, 0.717) is 18.9 Å². The van der Waals surface area contributed by atoms with E-state index in [9.17, 15) is 4.79 Å². The van der Waals surface area contributed by atoms with Gasteiger partial charge in [-0.3, -0.25) is 0 Å². The molecule has 1 aliphatic rings. The van der Waals surface area contributed by atoms with Crippen LogP contribution in [0, 0.1) is 0 Å². The van der Waals surface area contributed by atoms with E-state index in [-0.39, 0.29) is 12.1 Å². The molecule has 0 spiro atoms. The molecule has 2 N–H and O–H groups in total. The van der Waals surface area contributed by atoms with Gasteiger partial charge in [0.1, 0.15) is 6.61 Å². The molecule has 0 saturated carbocycles. The SMILES string of the molecule is O=C(N/C=C/c1ccccc1)NCC1COc2ccccc2O1. The van der Waals surface area contributed by atoms with Crippen molar-refractivity contribution < 1.29 is 14.3 Å². The third-order valence-electron chi connectivity index (χ3n) is 3.35. The van der Waals surface area contributed by atoms with Gasteiger partial charge < -0.3 is 20.1 Å². The van der Waals surface area contributed by atoms with Crippen LogP contribution in [0.5, 0.6) is 11.5 Å². The molecule has 1 aliphatic heterocycles. The summed E-state index contributed by atoms with van der Waals surface area (Å²) < 4.78 is 11.4. The lowest BCUT2D eigenvalue weighted by atomic mass is 10.2. The Balaban J connectivity index is 1.42. The van der Waals surface area contributed by atoms with Crippen molar-refractivity contribution in [3.05, 3.63) is 66.4 Å². The molecule has 3 rings (SSSR count). The van der Waals surface area contributed by atoms with E-state index in [4.69, 9.17) is 9.47 Å². The number of nitrogens with one attached hydrogen (secondary N) is 2. The molecular formula is C18H18N2O3. The Morgan fingerprint density at radius 1 is 1.09 bits per heavy atom. The number of para-hydroxylation sites is 2. The number of carbonyl (C=O) groups excluding carboxylic acids is 1. The van der Waals surface area contributed by atoms with Crippen LogP contribution in [-0.4, -0.2) is 25.3 Å². The fourth-order valence-electron chi connectivity index (χ4n) is 2.20. The number of rotatable bonds is 4. The Morgan fingerprint density at radius 3 is 2.65 bits per heavy atom. The van der Waals surface area contributed by atoms with E-state index in [1.54, 1.807) is 6.20 Å². The van der Waals surface area contributed by atoms with Crippen molar-refractivity contribution >= 4 is 12.1 Å². The number of carbonyl (C=O) groups is 1. The topological polar surface area (TPSA) is 59.6 Å². The molecule has 1 atom stereocenters. The highest BCUT2D eigenvalue weighted by Crippen LogP contribution is 2.30. The lowest BCUT2D eigenvalue weighted by Crippen LogP contribution is -2.43. The van der Waals surface area contributed by atoms with Crippen LogP contribution in [0.25, 0.3) is 6.08 Å². The van der Waals surface area contributed by atoms with E-state index in [0.717, 1.165) is 11.3 Å². The fourth-order valence-corrected chi connectivity index (χ4v) is 2.20. The highest BCUT2D eigenvalue weighted by atomic mass is 16.6. The first-order chi connectivity index (χ1) is 11.3. The first-order valence-electron chi connectivity index (χ1n) is 7.46. The van der Waals surface area contributed by atoms with Crippen LogP contribution in [0.1, 0.15) is 5.56 Å². The molecule has 5 heteroatoms. The van der Waals surface area contributed by atoms with Gasteiger partial charge in [-0.15, -0.1) is 0 Å². The molecule has 2 aromatic rings. The second kappa shape index (κ2) is 7.35. The summed E-state index contributed by atoms with van der Waals surface area (Å²) in [5, 5.41) is 5.43. The van der Waals surface area contributed by atoms with Crippen molar-refractivity contribution in [2.24, 2.45) is 0 Å². The largest absolute Gasteiger partial charge is 0.486 e. The number of fused-ring (bicyclic) bond motifs is 1. The number of hydrogen-bond acceptors (Lipinski definition) is 3. The lowest BCUT2D eigenvalue weighted by molar-refractivity contribution is 0.0919. The molecule has 5 nitrogen and oxygen atoms in total. The lowest BCUT2D eigenvalue weighted by Gasteiger charge is -2.26. The molecule has 23 heavy (non-hydrogen) atoms. The van der Waals surface area contributed by atoms with Gasteiger partial charge in [0.25, 0.3) is 0 Å². The van der Waals surface area contributed by atoms with Crippen molar-refractivity contribution in [1.29, 1.82) is 0 Å². The van der Waals surface area contributed by atoms with Gasteiger partial charge in [-0.05, 0) is 23.8 Å². The molecule has 1 heterocycles. The number of urea groups is 1. The van der Waals surface area contributed by atoms with Crippen LogP contribution in [-0.2, 0) is 0 Å². The Labute approximate surface area is 134 Å². The van der Waals surface area contributed by atoms with Gasteiger partial charge in [0.2, 0.25) is 0 Å². The van der Waals surface area contributed by atoms with Gasteiger partial charge >= 0.3 is 6.03 Å². The predicted molar refractivity (Wildman–Crippen MR) is 88.4 cm³/mol. The van der Waals surface area contributed by atoms with Crippen LogP contribution in [0.4, 0.5) is 4.79 Å². The molecular weight excluding hydrogens is 292 g/mol. The zero-order valence-corrected chi connectivity index (χ0v) is 12.6. The van der Waals surface area contributed by atoms with E-state index in [1.165, 1.54) is 0 Å². The summed E-state index contributed by atoms with van der Waals surface area (Å²) in [6.07, 6.45) is 3.24. The molecule has 2 aromatic carbocycles. The fraction of sp³-hybridized carbons (Fsp3) is 0.167. The zero-order valence-electron chi connectivity index (χ0n) is 12.6. The maximum atomic E-state index is 11.8. The first kappa shape index (κ1) is 15.0. The molecule has 1 unspecified atom stereocenters. The third-order valence-corrected chi connectivity index (χ3v) is 3.35. The summed E-state index contributed by atoms with van der Waals surface area (Å²) in [5.74, 6) is 1.44. The van der Waals surface area contributed by atoms with Crippen molar-refractivity contribution in [1.82, 2.24) is 10.6 Å². The van der Waals surface area contributed by atoms with Crippen molar-refractivity contribution in [3.8, 4) is 11.5 Å². The van der Waals surface area contributed by atoms with Gasteiger partial charge in [0.05, 0.1) is 6.54 Å². The quantitative estimate of drug-likeness (QED) is 0.913. The standard InChI is InChI=1S/C18H18N2O3/c21-18(19-11-10-14-6-2-1-3-7-14)20-12-15-13-22-16-8-4-5-9-17(16)23-15/h1-11,15H,12-13H2,(H2,19,20,21)/b11-10+. The van der Waals surface area contributed by atoms with Gasteiger partial charge in [0, 0.05) is 6.20 Å². The molecule has 0 fully saturated rings. The maximum Gasteiger partial charge on any atom is 0.318 e. The summed E-state index contributed by atoms with van der Waals surface area (Å²) in [5.41, 5.74) is 1.02. The summed E-state index contributed by atoms with van der Waals surface area (Å²) >= 11 is 0. The highest BCUT2D eigenvalue weighted by Gasteiger charge is 2.20. The monoisotopic (exact) mass is 310 g/mol. The first-order valence-corrected chi connectivity index (χ1v) is 7.46. The van der Waals surface area contributed by atoms with Crippen molar-refractivity contribution in [2.75, 3.05) is 13.2 Å². The Morgan fingerprint density at radius 2 is 1.83 bits per heavy atom. The molecule has 0 radical (unpaired) electrons. The third kappa shape index (κ3) is 4.26. The van der Waals surface area contributed by atoms with Gasteiger partial charge in [-0.1, -0.05) is 42.5 Å². The minimum Gasteiger partial charge on any atom is -0.486 e. The van der Waals surface area contributed by atoms with E-state index < -0.39 is 0 Å². The number of ether oxygens (including phenoxy) is 2. The van der Waals surface area contributed by atoms with Gasteiger partial charge in [0.15, 0.2) is 17.6 Å². The Kier molecular flexibility index (Phi) is 4.79. The number of hydrogen-bond donors (Lipinski definition) is 2. The molecule has 2 amide bonds. The summed E-state index contributed by atoms with van der Waals surface area (Å²) in [7, 11) is 0. The smallest absolute Gasteiger partial charge is 0.318 e. The van der Waals surface area contributed by atoms with E-state index in [1.807, 2.05) is 60.7 Å². The van der Waals surface area contributed by atoms with E-state index >= 15 is 0 Å². The summed E-state index contributed by atoms with van der Waals surface area (Å²) in [6.45, 7) is 0.788. The average molecular weight is 310 g/mol. The van der Waals surface area contributed by atoms with E-state index in [2.05, 4.69) is 10.6 Å². The molecule has 118 valence electrons. The zero-order chi connectivity index (χ0) is 15.9. The Bertz CT molecular complexity index is 686. The molecule has 0 saturated heterocycles. The minimum atomic E-state index is -0.278. The molecule has 0 aliphatic carbocycles. The minimum absolute atomic E-state index is 0.200. The van der Waals surface area contributed by atoms with Crippen LogP contribution in [0.2, 0.25) is 0 Å². The van der Waals surface area contributed by atoms with Crippen molar-refractivity contribution in [2.45, 2.75) is 6.10 Å². The number of benzene rings is 2. The predicted octanol–water partition coefficient (Wildman–Crippen LogP) is 2.80. The number of amides is 2. The van der Waals surface area contributed by atoms with Crippen LogP contribution in [0.15, 0.2) is 60.8 Å². The van der Waals surface area contributed by atoms with Crippen LogP contribution in [0.3, 0.4) is 0 Å². The van der Waals surface area contributed by atoms with Crippen molar-refractivity contribution in [3.63, 3.8) is 0 Å². The summed E-state index contributed by atoms with van der Waals surface area (Å²) in [6, 6.07) is 17.0. The second-order valence-corrected chi connectivity index (χ2v) is 5.10. The molecule has 0 bridgehead atoms. The average Bonchev–Trinajstić information content (AvgIpc) is 2.61. The van der Waals surface area contributed by atoms with Crippen LogP contribution >= 0.6 is 0 Å². The Hall–Kier alpha value is -2.95. The second-order valence-electron chi connectivity index (χ2n) is 5.10.